The molecule has 0 saturated carbocycles. The number of carboxylic acids is 1. The molecular weight excluding hydrogens is 280 g/mol. The van der Waals surface area contributed by atoms with Gasteiger partial charge in [0.1, 0.15) is 11.5 Å². The zero-order valence-corrected chi connectivity index (χ0v) is 12.8. The van der Waals surface area contributed by atoms with Gasteiger partial charge in [0.15, 0.2) is 0 Å². The lowest BCUT2D eigenvalue weighted by molar-refractivity contribution is -0.138. The number of carbonyl (C=O) groups is 1. The number of rotatable bonds is 7. The Bertz CT molecular complexity index is 619. The normalized spacial score (nSPS) is 11.7. The van der Waals surface area contributed by atoms with Gasteiger partial charge in [0.2, 0.25) is 0 Å². The average Bonchev–Trinajstić information content (AvgIpc) is 2.54. The molecule has 4 nitrogen and oxygen atoms in total. The second-order valence-electron chi connectivity index (χ2n) is 4.95. The third-order valence-electron chi connectivity index (χ3n) is 3.47. The van der Waals surface area contributed by atoms with Crippen molar-refractivity contribution < 1.29 is 19.4 Å². The van der Waals surface area contributed by atoms with Crippen molar-refractivity contribution in [3.63, 3.8) is 0 Å². The molecule has 0 radical (unpaired) electrons. The molecule has 116 valence electrons. The molecule has 0 aliphatic carbocycles. The van der Waals surface area contributed by atoms with Crippen LogP contribution in [0.2, 0.25) is 0 Å². The maximum atomic E-state index is 11.6. The average molecular weight is 300 g/mol. The van der Waals surface area contributed by atoms with Gasteiger partial charge >= 0.3 is 5.97 Å². The van der Waals surface area contributed by atoms with Crippen molar-refractivity contribution >= 4 is 5.97 Å². The van der Waals surface area contributed by atoms with E-state index in [1.165, 1.54) is 0 Å². The minimum atomic E-state index is -0.845. The number of methoxy groups -OCH3 is 1. The van der Waals surface area contributed by atoms with Crippen LogP contribution in [0, 0.1) is 0 Å². The fraction of sp³-hybridized carbons (Fsp3) is 0.278. The van der Waals surface area contributed by atoms with Gasteiger partial charge in [-0.25, -0.2) is 0 Å². The van der Waals surface area contributed by atoms with Gasteiger partial charge in [0, 0.05) is 0 Å². The van der Waals surface area contributed by atoms with E-state index in [0.29, 0.717) is 18.8 Å². The van der Waals surface area contributed by atoms with E-state index >= 15 is 0 Å². The van der Waals surface area contributed by atoms with Gasteiger partial charge in [0.05, 0.1) is 19.6 Å². The van der Waals surface area contributed by atoms with Crippen LogP contribution >= 0.6 is 0 Å². The van der Waals surface area contributed by atoms with Crippen molar-refractivity contribution in [2.24, 2.45) is 0 Å². The van der Waals surface area contributed by atoms with Gasteiger partial charge in [-0.05, 0) is 48.7 Å². The highest BCUT2D eigenvalue weighted by Gasteiger charge is 2.20. The zero-order chi connectivity index (χ0) is 15.9. The summed E-state index contributed by atoms with van der Waals surface area (Å²) in [4.78, 5) is 11.6. The van der Waals surface area contributed by atoms with E-state index in [-0.39, 0.29) is 0 Å². The van der Waals surface area contributed by atoms with Gasteiger partial charge in [-0.2, -0.15) is 0 Å². The molecule has 0 aliphatic rings. The van der Waals surface area contributed by atoms with Crippen LogP contribution in [0.4, 0.5) is 0 Å². The quantitative estimate of drug-likeness (QED) is 0.850. The van der Waals surface area contributed by atoms with Gasteiger partial charge in [-0.1, -0.05) is 24.3 Å². The molecule has 1 atom stereocenters. The molecule has 2 aromatic carbocycles. The molecule has 0 aliphatic heterocycles. The second-order valence-corrected chi connectivity index (χ2v) is 4.95. The summed E-state index contributed by atoms with van der Waals surface area (Å²) < 4.78 is 10.6. The zero-order valence-electron chi connectivity index (χ0n) is 12.8. The number of carboxylic acid groups (broad SMARTS) is 1. The van der Waals surface area contributed by atoms with E-state index in [1.54, 1.807) is 19.2 Å². The number of aliphatic carboxylic acids is 1. The molecule has 0 fully saturated rings. The van der Waals surface area contributed by atoms with Crippen LogP contribution in [-0.2, 0) is 11.2 Å². The van der Waals surface area contributed by atoms with Crippen LogP contribution in [0.1, 0.15) is 24.0 Å². The molecule has 1 unspecified atom stereocenters. The topological polar surface area (TPSA) is 55.8 Å². The lowest BCUT2D eigenvalue weighted by Crippen LogP contribution is -2.14. The second kappa shape index (κ2) is 7.50. The van der Waals surface area contributed by atoms with Crippen LogP contribution < -0.4 is 9.47 Å². The van der Waals surface area contributed by atoms with Gasteiger partial charge < -0.3 is 14.6 Å². The first kappa shape index (κ1) is 15.9. The highest BCUT2D eigenvalue weighted by molar-refractivity contribution is 5.76. The lowest BCUT2D eigenvalue weighted by Gasteiger charge is -2.14. The van der Waals surface area contributed by atoms with E-state index in [9.17, 15) is 9.90 Å². The van der Waals surface area contributed by atoms with E-state index in [0.717, 1.165) is 16.9 Å². The molecule has 0 aromatic heterocycles. The number of hydrogen-bond donors (Lipinski definition) is 1. The fourth-order valence-electron chi connectivity index (χ4n) is 2.33. The molecule has 0 heterocycles. The molecule has 2 rings (SSSR count). The summed E-state index contributed by atoms with van der Waals surface area (Å²) in [7, 11) is 1.57. The summed E-state index contributed by atoms with van der Waals surface area (Å²) in [6.45, 7) is 2.54. The van der Waals surface area contributed by atoms with Gasteiger partial charge in [0.25, 0.3) is 0 Å². The van der Waals surface area contributed by atoms with E-state index < -0.39 is 11.9 Å². The first-order chi connectivity index (χ1) is 10.6. The molecule has 22 heavy (non-hydrogen) atoms. The smallest absolute Gasteiger partial charge is 0.311 e. The molecular formula is C18H20O4. The summed E-state index contributed by atoms with van der Waals surface area (Å²) in [6.07, 6.45) is 0.426. The Hall–Kier alpha value is -2.49. The minimum Gasteiger partial charge on any atom is -0.497 e. The molecule has 0 amide bonds. The van der Waals surface area contributed by atoms with Crippen molar-refractivity contribution in [1.29, 1.82) is 0 Å². The summed E-state index contributed by atoms with van der Waals surface area (Å²) in [5, 5.41) is 9.52. The third-order valence-corrected chi connectivity index (χ3v) is 3.47. The Morgan fingerprint density at radius 1 is 1.14 bits per heavy atom. The minimum absolute atomic E-state index is 0.426. The fourth-order valence-corrected chi connectivity index (χ4v) is 2.33. The van der Waals surface area contributed by atoms with Crippen LogP contribution in [0.5, 0.6) is 11.5 Å². The Morgan fingerprint density at radius 2 is 1.86 bits per heavy atom. The molecule has 0 saturated heterocycles. The molecule has 0 bridgehead atoms. The maximum Gasteiger partial charge on any atom is 0.311 e. The van der Waals surface area contributed by atoms with Crippen molar-refractivity contribution in [3.8, 4) is 11.5 Å². The SMILES string of the molecule is CCOc1ccc(CC(C(=O)O)c2cccc(OC)c2)cc1. The van der Waals surface area contributed by atoms with Crippen LogP contribution in [0.3, 0.4) is 0 Å². The predicted molar refractivity (Wildman–Crippen MR) is 84.7 cm³/mol. The third kappa shape index (κ3) is 4.01. The molecule has 2 aromatic rings. The van der Waals surface area contributed by atoms with Crippen LogP contribution in [0.25, 0.3) is 0 Å². The van der Waals surface area contributed by atoms with Gasteiger partial charge in [-0.15, -0.1) is 0 Å². The lowest BCUT2D eigenvalue weighted by atomic mass is 9.92. The summed E-state index contributed by atoms with van der Waals surface area (Å²) in [5.74, 6) is 0.00475. The molecule has 1 N–H and O–H groups in total. The van der Waals surface area contributed by atoms with E-state index in [2.05, 4.69) is 0 Å². The molecule has 4 heteroatoms. The van der Waals surface area contributed by atoms with Crippen molar-refractivity contribution in [2.45, 2.75) is 19.3 Å². The van der Waals surface area contributed by atoms with E-state index in [1.807, 2.05) is 43.3 Å². The van der Waals surface area contributed by atoms with Crippen LogP contribution in [-0.4, -0.2) is 24.8 Å². The highest BCUT2D eigenvalue weighted by Crippen LogP contribution is 2.25. The van der Waals surface area contributed by atoms with Crippen molar-refractivity contribution in [3.05, 3.63) is 59.7 Å². The Balaban J connectivity index is 2.19. The maximum absolute atomic E-state index is 11.6. The summed E-state index contributed by atoms with van der Waals surface area (Å²) in [6, 6.07) is 14.7. The standard InChI is InChI=1S/C18H20O4/c1-3-22-15-9-7-13(8-10-15)11-17(18(19)20)14-5-4-6-16(12-14)21-2/h4-10,12,17H,3,11H2,1-2H3,(H,19,20). The summed E-state index contributed by atoms with van der Waals surface area (Å²) in [5.41, 5.74) is 1.69. The highest BCUT2D eigenvalue weighted by atomic mass is 16.5. The summed E-state index contributed by atoms with van der Waals surface area (Å²) >= 11 is 0. The first-order valence-electron chi connectivity index (χ1n) is 7.22. The Labute approximate surface area is 130 Å². The number of benzene rings is 2. The van der Waals surface area contributed by atoms with Gasteiger partial charge in [-0.3, -0.25) is 4.79 Å². The first-order valence-corrected chi connectivity index (χ1v) is 7.22. The predicted octanol–water partition coefficient (Wildman–Crippen LogP) is 3.50. The largest absolute Gasteiger partial charge is 0.497 e. The number of hydrogen-bond acceptors (Lipinski definition) is 3. The number of ether oxygens (including phenoxy) is 2. The van der Waals surface area contributed by atoms with Crippen molar-refractivity contribution in [2.75, 3.05) is 13.7 Å². The Kier molecular flexibility index (Phi) is 5.42. The Morgan fingerprint density at radius 3 is 2.45 bits per heavy atom. The van der Waals surface area contributed by atoms with E-state index in [4.69, 9.17) is 9.47 Å². The van der Waals surface area contributed by atoms with Crippen LogP contribution in [0.15, 0.2) is 48.5 Å². The monoisotopic (exact) mass is 300 g/mol. The molecule has 0 spiro atoms. The van der Waals surface area contributed by atoms with Crippen molar-refractivity contribution in [1.82, 2.24) is 0 Å².